The van der Waals surface area contributed by atoms with E-state index in [1.165, 1.54) is 11.3 Å². The fraction of sp³-hybridized carbons (Fsp3) is 0.308. The van der Waals surface area contributed by atoms with E-state index in [4.69, 9.17) is 5.73 Å². The van der Waals surface area contributed by atoms with E-state index in [1.54, 1.807) is 10.7 Å². The molecule has 0 unspecified atom stereocenters. The van der Waals surface area contributed by atoms with Crippen molar-refractivity contribution in [1.29, 1.82) is 0 Å². The number of thiazole rings is 1. The minimum Gasteiger partial charge on any atom is -0.366 e. The van der Waals surface area contributed by atoms with Crippen molar-refractivity contribution in [3.8, 4) is 0 Å². The van der Waals surface area contributed by atoms with E-state index < -0.39 is 0 Å². The van der Waals surface area contributed by atoms with Crippen LogP contribution in [0, 0.1) is 13.8 Å². The van der Waals surface area contributed by atoms with Crippen LogP contribution in [-0.2, 0) is 11.2 Å². The van der Waals surface area contributed by atoms with Gasteiger partial charge < -0.3 is 11.1 Å². The number of nitrogens with one attached hydrogen (secondary N) is 1. The maximum atomic E-state index is 12.0. The van der Waals surface area contributed by atoms with Gasteiger partial charge in [-0.2, -0.15) is 9.50 Å². The van der Waals surface area contributed by atoms with E-state index in [-0.39, 0.29) is 11.9 Å². The summed E-state index contributed by atoms with van der Waals surface area (Å²) in [6.07, 6.45) is 2.57. The fourth-order valence-corrected chi connectivity index (χ4v) is 2.84. The van der Waals surface area contributed by atoms with Crippen molar-refractivity contribution < 1.29 is 4.79 Å². The molecule has 0 aliphatic carbocycles. The van der Waals surface area contributed by atoms with Gasteiger partial charge in [-0.1, -0.05) is 0 Å². The number of amides is 1. The van der Waals surface area contributed by atoms with Gasteiger partial charge in [-0.05, 0) is 25.8 Å². The lowest BCUT2D eigenvalue weighted by Crippen LogP contribution is -2.14. The van der Waals surface area contributed by atoms with Gasteiger partial charge in [0, 0.05) is 29.4 Å². The Morgan fingerprint density at radius 2 is 2.23 bits per heavy atom. The van der Waals surface area contributed by atoms with E-state index in [1.807, 2.05) is 19.2 Å². The van der Waals surface area contributed by atoms with Crippen molar-refractivity contribution in [3.05, 3.63) is 28.5 Å². The summed E-state index contributed by atoms with van der Waals surface area (Å²) in [5.41, 5.74) is 8.31. The summed E-state index contributed by atoms with van der Waals surface area (Å²) in [6, 6.07) is 0. The summed E-state index contributed by atoms with van der Waals surface area (Å²) in [5, 5.41) is 9.30. The van der Waals surface area contributed by atoms with Gasteiger partial charge in [-0.3, -0.25) is 4.79 Å². The Bertz CT molecular complexity index is 825. The summed E-state index contributed by atoms with van der Waals surface area (Å²) in [6.45, 7) is 3.82. The maximum Gasteiger partial charge on any atom is 0.254 e. The molecule has 3 heterocycles. The zero-order valence-electron chi connectivity index (χ0n) is 12.2. The van der Waals surface area contributed by atoms with Crippen molar-refractivity contribution >= 4 is 34.1 Å². The molecule has 0 aliphatic rings. The molecule has 8 nitrogen and oxygen atoms in total. The van der Waals surface area contributed by atoms with Gasteiger partial charge in [0.05, 0.1) is 0 Å². The van der Waals surface area contributed by atoms with Crippen molar-refractivity contribution in [3.63, 3.8) is 0 Å². The monoisotopic (exact) mass is 317 g/mol. The van der Waals surface area contributed by atoms with E-state index in [0.29, 0.717) is 23.8 Å². The molecule has 3 aromatic heterocycles. The normalized spacial score (nSPS) is 11.0. The molecule has 0 atom stereocenters. The minimum atomic E-state index is -0.0769. The average Bonchev–Trinajstić information content (AvgIpc) is 3.07. The van der Waals surface area contributed by atoms with Gasteiger partial charge in [-0.25, -0.2) is 9.97 Å². The quantitative estimate of drug-likeness (QED) is 0.751. The first-order valence-corrected chi connectivity index (χ1v) is 7.60. The lowest BCUT2D eigenvalue weighted by molar-refractivity contribution is -0.116. The summed E-state index contributed by atoms with van der Waals surface area (Å²) in [5.74, 6) is 0.587. The third kappa shape index (κ3) is 2.75. The van der Waals surface area contributed by atoms with Gasteiger partial charge in [0.15, 0.2) is 5.13 Å². The predicted molar refractivity (Wildman–Crippen MR) is 83.7 cm³/mol. The fourth-order valence-electron chi connectivity index (χ4n) is 2.29. The number of nitrogen functional groups attached to an aromatic ring is 1. The van der Waals surface area contributed by atoms with Crippen LogP contribution >= 0.6 is 11.3 Å². The number of anilines is 2. The average molecular weight is 317 g/mol. The van der Waals surface area contributed by atoms with Crippen LogP contribution in [0.4, 0.5) is 11.1 Å². The number of hydrogen-bond acceptors (Lipinski definition) is 7. The van der Waals surface area contributed by atoms with Crippen LogP contribution < -0.4 is 11.1 Å². The Morgan fingerprint density at radius 3 is 2.95 bits per heavy atom. The van der Waals surface area contributed by atoms with E-state index in [0.717, 1.165) is 17.0 Å². The number of carbonyl (C=O) groups is 1. The zero-order valence-corrected chi connectivity index (χ0v) is 13.0. The molecule has 114 valence electrons. The van der Waals surface area contributed by atoms with Crippen LogP contribution in [0.15, 0.2) is 11.6 Å². The Hall–Kier alpha value is -2.55. The van der Waals surface area contributed by atoms with Gasteiger partial charge in [0.1, 0.15) is 0 Å². The molecule has 0 saturated carbocycles. The number of nitrogens with zero attached hydrogens (tertiary/aromatic N) is 5. The Kier molecular flexibility index (Phi) is 3.72. The van der Waals surface area contributed by atoms with Crippen LogP contribution in [-0.4, -0.2) is 30.5 Å². The number of hydrogen-bond donors (Lipinski definition) is 2. The molecule has 0 aliphatic heterocycles. The van der Waals surface area contributed by atoms with E-state index in [2.05, 4.69) is 25.4 Å². The molecule has 0 radical (unpaired) electrons. The number of aryl methyl sites for hydroxylation is 2. The molecular formula is C13H15N7OS. The molecule has 0 saturated heterocycles. The number of nitrogens with two attached hydrogens (primary N) is 1. The van der Waals surface area contributed by atoms with Crippen molar-refractivity contribution in [1.82, 2.24) is 24.6 Å². The highest BCUT2D eigenvalue weighted by molar-refractivity contribution is 7.13. The molecule has 0 bridgehead atoms. The topological polar surface area (TPSA) is 111 Å². The SMILES string of the molecule is Cc1nc2nc(N)nn2c(C)c1CCC(=O)Nc1nccs1. The number of carbonyl (C=O) groups excluding carboxylic acids is 1. The van der Waals surface area contributed by atoms with Crippen molar-refractivity contribution in [2.24, 2.45) is 0 Å². The van der Waals surface area contributed by atoms with E-state index in [9.17, 15) is 4.79 Å². The second-order valence-electron chi connectivity index (χ2n) is 4.83. The minimum absolute atomic E-state index is 0.0769. The highest BCUT2D eigenvalue weighted by atomic mass is 32.1. The van der Waals surface area contributed by atoms with Crippen molar-refractivity contribution in [2.45, 2.75) is 26.7 Å². The number of rotatable bonds is 4. The Morgan fingerprint density at radius 1 is 1.41 bits per heavy atom. The smallest absolute Gasteiger partial charge is 0.254 e. The summed E-state index contributed by atoms with van der Waals surface area (Å²) < 4.78 is 1.61. The molecule has 0 spiro atoms. The summed E-state index contributed by atoms with van der Waals surface area (Å²) in [4.78, 5) is 24.4. The summed E-state index contributed by atoms with van der Waals surface area (Å²) in [7, 11) is 0. The molecule has 0 fully saturated rings. The molecular weight excluding hydrogens is 302 g/mol. The third-order valence-electron chi connectivity index (χ3n) is 3.35. The second kappa shape index (κ2) is 5.68. The highest BCUT2D eigenvalue weighted by Crippen LogP contribution is 2.17. The molecule has 3 aromatic rings. The molecule has 1 amide bonds. The first-order valence-electron chi connectivity index (χ1n) is 6.72. The largest absolute Gasteiger partial charge is 0.366 e. The molecule has 9 heteroatoms. The molecule has 22 heavy (non-hydrogen) atoms. The van der Waals surface area contributed by atoms with Gasteiger partial charge in [0.2, 0.25) is 11.9 Å². The zero-order chi connectivity index (χ0) is 15.7. The Balaban J connectivity index is 1.77. The Labute approximate surface area is 130 Å². The number of aromatic nitrogens is 5. The highest BCUT2D eigenvalue weighted by Gasteiger charge is 2.14. The standard InChI is InChI=1S/C13H15N7OS/c1-7-9(3-4-10(21)17-13-15-5-6-22-13)8(2)20-12(16-7)18-11(14)19-20/h5-6H,3-4H2,1-2H3,(H2,14,19)(H,15,17,21). The van der Waals surface area contributed by atoms with E-state index >= 15 is 0 Å². The lowest BCUT2D eigenvalue weighted by Gasteiger charge is -2.09. The van der Waals surface area contributed by atoms with Gasteiger partial charge >= 0.3 is 0 Å². The first-order chi connectivity index (χ1) is 10.5. The predicted octanol–water partition coefficient (Wildman–Crippen LogP) is 1.35. The maximum absolute atomic E-state index is 12.0. The molecule has 3 rings (SSSR count). The van der Waals surface area contributed by atoms with Gasteiger partial charge in [0.25, 0.3) is 5.78 Å². The van der Waals surface area contributed by atoms with Crippen LogP contribution in [0.1, 0.15) is 23.4 Å². The first kappa shape index (κ1) is 14.4. The van der Waals surface area contributed by atoms with Crippen LogP contribution in [0.5, 0.6) is 0 Å². The summed E-state index contributed by atoms with van der Waals surface area (Å²) >= 11 is 1.39. The molecule has 0 aromatic carbocycles. The molecule has 3 N–H and O–H groups in total. The van der Waals surface area contributed by atoms with Crippen LogP contribution in [0.3, 0.4) is 0 Å². The third-order valence-corrected chi connectivity index (χ3v) is 4.03. The number of fused-ring (bicyclic) bond motifs is 1. The van der Waals surface area contributed by atoms with Crippen molar-refractivity contribution in [2.75, 3.05) is 11.1 Å². The van der Waals surface area contributed by atoms with Crippen LogP contribution in [0.25, 0.3) is 5.78 Å². The van der Waals surface area contributed by atoms with Crippen LogP contribution in [0.2, 0.25) is 0 Å². The lowest BCUT2D eigenvalue weighted by atomic mass is 10.1. The van der Waals surface area contributed by atoms with Gasteiger partial charge in [-0.15, -0.1) is 16.4 Å². The second-order valence-corrected chi connectivity index (χ2v) is 5.72.